The lowest BCUT2D eigenvalue weighted by Gasteiger charge is -2.11. The van der Waals surface area contributed by atoms with Crippen LogP contribution < -0.4 is 11.1 Å². The van der Waals surface area contributed by atoms with Crippen molar-refractivity contribution in [1.82, 2.24) is 5.32 Å². The number of nitrogens with two attached hydrogens (primary N) is 1. The van der Waals surface area contributed by atoms with Crippen LogP contribution in [0.25, 0.3) is 10.8 Å². The molecule has 0 heterocycles. The van der Waals surface area contributed by atoms with E-state index in [0.717, 1.165) is 5.56 Å². The van der Waals surface area contributed by atoms with E-state index < -0.39 is 0 Å². The van der Waals surface area contributed by atoms with Crippen molar-refractivity contribution in [3.05, 3.63) is 47.5 Å². The Morgan fingerprint density at radius 3 is 2.47 bits per heavy atom. The molecular formula is C13H16N2. The van der Waals surface area contributed by atoms with E-state index in [0.29, 0.717) is 0 Å². The maximum atomic E-state index is 5.90. The second kappa shape index (κ2) is 4.01. The molecule has 1 unspecified atom stereocenters. The van der Waals surface area contributed by atoms with Gasteiger partial charge in [0.2, 0.25) is 0 Å². The SMILES string of the molecule is CNC(N)c1ccc2cc(C)ccc2c1. The first-order valence-corrected chi connectivity index (χ1v) is 5.14. The highest BCUT2D eigenvalue weighted by Gasteiger charge is 2.03. The Bertz CT molecular complexity index is 477. The third kappa shape index (κ3) is 2.01. The monoisotopic (exact) mass is 200 g/mol. The summed E-state index contributed by atoms with van der Waals surface area (Å²) in [5.41, 5.74) is 8.31. The summed E-state index contributed by atoms with van der Waals surface area (Å²) in [6.45, 7) is 2.10. The highest BCUT2D eigenvalue weighted by molar-refractivity contribution is 5.83. The van der Waals surface area contributed by atoms with Crippen LogP contribution in [0, 0.1) is 6.92 Å². The highest BCUT2D eigenvalue weighted by Crippen LogP contribution is 2.19. The third-order valence-electron chi connectivity index (χ3n) is 2.69. The van der Waals surface area contributed by atoms with Gasteiger partial charge in [0.1, 0.15) is 0 Å². The molecule has 2 nitrogen and oxygen atoms in total. The lowest BCUT2D eigenvalue weighted by atomic mass is 10.0. The number of aryl methyl sites for hydroxylation is 1. The fourth-order valence-corrected chi connectivity index (χ4v) is 1.74. The second-order valence-corrected chi connectivity index (χ2v) is 3.88. The summed E-state index contributed by atoms with van der Waals surface area (Å²) in [5, 5.41) is 5.54. The molecule has 0 bridgehead atoms. The Kier molecular flexibility index (Phi) is 2.71. The smallest absolute Gasteiger partial charge is 0.0807 e. The molecule has 1 atom stereocenters. The Labute approximate surface area is 90.1 Å². The van der Waals surface area contributed by atoms with Crippen molar-refractivity contribution in [1.29, 1.82) is 0 Å². The number of benzene rings is 2. The molecule has 2 aromatic rings. The molecule has 2 aromatic carbocycles. The maximum Gasteiger partial charge on any atom is 0.0807 e. The molecule has 0 aliphatic heterocycles. The topological polar surface area (TPSA) is 38.0 Å². The molecule has 0 spiro atoms. The van der Waals surface area contributed by atoms with Gasteiger partial charge in [-0.15, -0.1) is 0 Å². The van der Waals surface area contributed by atoms with Crippen LogP contribution in [-0.4, -0.2) is 7.05 Å². The van der Waals surface area contributed by atoms with Gasteiger partial charge in [0, 0.05) is 0 Å². The van der Waals surface area contributed by atoms with Crippen molar-refractivity contribution in [2.75, 3.05) is 7.05 Å². The number of rotatable bonds is 2. The molecule has 2 rings (SSSR count). The molecule has 0 saturated heterocycles. The lowest BCUT2D eigenvalue weighted by molar-refractivity contribution is 0.623. The van der Waals surface area contributed by atoms with Crippen molar-refractivity contribution in [2.45, 2.75) is 13.1 Å². The zero-order chi connectivity index (χ0) is 10.8. The summed E-state index contributed by atoms with van der Waals surface area (Å²) >= 11 is 0. The van der Waals surface area contributed by atoms with Crippen molar-refractivity contribution in [3.63, 3.8) is 0 Å². The largest absolute Gasteiger partial charge is 0.312 e. The molecule has 78 valence electrons. The van der Waals surface area contributed by atoms with Crippen LogP contribution in [-0.2, 0) is 0 Å². The van der Waals surface area contributed by atoms with Crippen LogP contribution >= 0.6 is 0 Å². The van der Waals surface area contributed by atoms with Crippen LogP contribution in [0.1, 0.15) is 17.3 Å². The van der Waals surface area contributed by atoms with Gasteiger partial charge >= 0.3 is 0 Å². The van der Waals surface area contributed by atoms with Gasteiger partial charge in [-0.1, -0.05) is 35.9 Å². The Morgan fingerprint density at radius 2 is 1.73 bits per heavy atom. The van der Waals surface area contributed by atoms with Gasteiger partial charge in [-0.05, 0) is 36.4 Å². The average Bonchev–Trinajstić information content (AvgIpc) is 2.27. The number of nitrogens with one attached hydrogen (secondary N) is 1. The van der Waals surface area contributed by atoms with E-state index in [1.165, 1.54) is 16.3 Å². The van der Waals surface area contributed by atoms with E-state index in [1.54, 1.807) is 0 Å². The fraction of sp³-hybridized carbons (Fsp3) is 0.231. The van der Waals surface area contributed by atoms with E-state index in [-0.39, 0.29) is 6.17 Å². The van der Waals surface area contributed by atoms with Crippen LogP contribution in [0.15, 0.2) is 36.4 Å². The zero-order valence-electron chi connectivity index (χ0n) is 9.12. The van der Waals surface area contributed by atoms with Crippen molar-refractivity contribution >= 4 is 10.8 Å². The van der Waals surface area contributed by atoms with Crippen LogP contribution in [0.3, 0.4) is 0 Å². The fourth-order valence-electron chi connectivity index (χ4n) is 1.74. The highest BCUT2D eigenvalue weighted by atomic mass is 15.0. The normalized spacial score (nSPS) is 13.0. The number of hydrogen-bond acceptors (Lipinski definition) is 2. The predicted octanol–water partition coefficient (Wildman–Crippen LogP) is 2.32. The number of fused-ring (bicyclic) bond motifs is 1. The van der Waals surface area contributed by atoms with Crippen LogP contribution in [0.4, 0.5) is 0 Å². The van der Waals surface area contributed by atoms with E-state index in [1.807, 2.05) is 7.05 Å². The molecule has 0 saturated carbocycles. The van der Waals surface area contributed by atoms with E-state index in [4.69, 9.17) is 5.73 Å². The minimum Gasteiger partial charge on any atom is -0.312 e. The first-order valence-electron chi connectivity index (χ1n) is 5.14. The van der Waals surface area contributed by atoms with Gasteiger partial charge in [-0.2, -0.15) is 0 Å². The van der Waals surface area contributed by atoms with Gasteiger partial charge in [-0.25, -0.2) is 0 Å². The quantitative estimate of drug-likeness (QED) is 0.730. The van der Waals surface area contributed by atoms with Gasteiger partial charge in [0.25, 0.3) is 0 Å². The van der Waals surface area contributed by atoms with E-state index in [2.05, 4.69) is 48.6 Å². The molecule has 15 heavy (non-hydrogen) atoms. The maximum absolute atomic E-state index is 5.90. The molecule has 0 aliphatic carbocycles. The minimum atomic E-state index is -0.0873. The summed E-state index contributed by atoms with van der Waals surface area (Å²) in [6.07, 6.45) is -0.0873. The van der Waals surface area contributed by atoms with Crippen molar-refractivity contribution in [3.8, 4) is 0 Å². The second-order valence-electron chi connectivity index (χ2n) is 3.88. The van der Waals surface area contributed by atoms with Gasteiger partial charge in [0.15, 0.2) is 0 Å². The van der Waals surface area contributed by atoms with Gasteiger partial charge in [-0.3, -0.25) is 0 Å². The third-order valence-corrected chi connectivity index (χ3v) is 2.69. The van der Waals surface area contributed by atoms with Crippen LogP contribution in [0.5, 0.6) is 0 Å². The summed E-state index contributed by atoms with van der Waals surface area (Å²) in [5.74, 6) is 0. The molecule has 0 fully saturated rings. The molecular weight excluding hydrogens is 184 g/mol. The average molecular weight is 200 g/mol. The van der Waals surface area contributed by atoms with Gasteiger partial charge in [0.05, 0.1) is 6.17 Å². The molecule has 0 radical (unpaired) electrons. The first-order chi connectivity index (χ1) is 7.20. The van der Waals surface area contributed by atoms with Crippen molar-refractivity contribution in [2.24, 2.45) is 5.73 Å². The summed E-state index contributed by atoms with van der Waals surface area (Å²) in [6, 6.07) is 12.8. The minimum absolute atomic E-state index is 0.0873. The van der Waals surface area contributed by atoms with Crippen molar-refractivity contribution < 1.29 is 0 Å². The Morgan fingerprint density at radius 1 is 1.07 bits per heavy atom. The number of hydrogen-bond donors (Lipinski definition) is 2. The summed E-state index contributed by atoms with van der Waals surface area (Å²) in [4.78, 5) is 0. The van der Waals surface area contributed by atoms with Crippen LogP contribution in [0.2, 0.25) is 0 Å². The zero-order valence-corrected chi connectivity index (χ0v) is 9.12. The predicted molar refractivity (Wildman–Crippen MR) is 64.7 cm³/mol. The molecule has 3 N–H and O–H groups in total. The molecule has 0 amide bonds. The summed E-state index contributed by atoms with van der Waals surface area (Å²) in [7, 11) is 1.87. The van der Waals surface area contributed by atoms with Gasteiger partial charge < -0.3 is 11.1 Å². The Hall–Kier alpha value is -1.38. The Balaban J connectivity index is 2.52. The van der Waals surface area contributed by atoms with E-state index in [9.17, 15) is 0 Å². The molecule has 0 aromatic heterocycles. The molecule has 2 heteroatoms. The standard InChI is InChI=1S/C13H16N2/c1-9-3-4-11-8-12(13(14)15-2)6-5-10(11)7-9/h3-8,13,15H,14H2,1-2H3. The lowest BCUT2D eigenvalue weighted by Crippen LogP contribution is -2.24. The molecule has 0 aliphatic rings. The first kappa shape index (κ1) is 10.1. The van der Waals surface area contributed by atoms with E-state index >= 15 is 0 Å². The summed E-state index contributed by atoms with van der Waals surface area (Å²) < 4.78 is 0.